The number of hydrogen-bond donors (Lipinski definition) is 1. The molecule has 0 radical (unpaired) electrons. The Bertz CT molecular complexity index is 508. The minimum absolute atomic E-state index is 0.0234. The van der Waals surface area contributed by atoms with Crippen LogP contribution in [-0.4, -0.2) is 9.38 Å². The van der Waals surface area contributed by atoms with Gasteiger partial charge in [0.2, 0.25) is 0 Å². The highest BCUT2D eigenvalue weighted by atomic mass is 79.9. The lowest BCUT2D eigenvalue weighted by Gasteiger charge is -2.17. The molecule has 0 atom stereocenters. The summed E-state index contributed by atoms with van der Waals surface area (Å²) in [6.07, 6.45) is 0. The fourth-order valence-electron chi connectivity index (χ4n) is 1.62. The van der Waals surface area contributed by atoms with E-state index in [1.807, 2.05) is 18.2 Å². The first-order chi connectivity index (χ1) is 6.91. The molecular weight excluding hydrogens is 254 g/mol. The maximum Gasteiger partial charge on any atom is 0.149 e. The summed E-state index contributed by atoms with van der Waals surface area (Å²) >= 11 is 3.52. The van der Waals surface area contributed by atoms with Crippen molar-refractivity contribution in [2.24, 2.45) is 0 Å². The second kappa shape index (κ2) is 3.23. The number of imidazole rings is 1. The molecule has 0 saturated heterocycles. The largest absolute Gasteiger partial charge is 0.382 e. The Hall–Kier alpha value is -1.03. The van der Waals surface area contributed by atoms with Crippen molar-refractivity contribution in [1.29, 1.82) is 0 Å². The summed E-state index contributed by atoms with van der Waals surface area (Å²) < 4.78 is 3.03. The number of pyridine rings is 1. The first-order valence-electron chi connectivity index (χ1n) is 4.84. The summed E-state index contributed by atoms with van der Waals surface area (Å²) in [7, 11) is 0. The first kappa shape index (κ1) is 10.5. The molecule has 0 unspecified atom stereocenters. The SMILES string of the molecule is CC(C)(C)c1nc(N)c2cccc(Br)n12. The predicted molar refractivity (Wildman–Crippen MR) is 66.0 cm³/mol. The number of anilines is 1. The monoisotopic (exact) mass is 267 g/mol. The van der Waals surface area contributed by atoms with Crippen molar-refractivity contribution in [3.05, 3.63) is 28.6 Å². The van der Waals surface area contributed by atoms with Crippen LogP contribution < -0.4 is 5.73 Å². The maximum atomic E-state index is 5.89. The van der Waals surface area contributed by atoms with Gasteiger partial charge >= 0.3 is 0 Å². The lowest BCUT2D eigenvalue weighted by Crippen LogP contribution is -2.16. The van der Waals surface area contributed by atoms with Crippen molar-refractivity contribution in [2.75, 3.05) is 5.73 Å². The second-order valence-electron chi connectivity index (χ2n) is 4.64. The molecule has 0 bridgehead atoms. The topological polar surface area (TPSA) is 43.3 Å². The van der Waals surface area contributed by atoms with Gasteiger partial charge in [0.05, 0.1) is 10.1 Å². The first-order valence-corrected chi connectivity index (χ1v) is 5.63. The summed E-state index contributed by atoms with van der Waals surface area (Å²) in [5, 5.41) is 0. The van der Waals surface area contributed by atoms with E-state index >= 15 is 0 Å². The van der Waals surface area contributed by atoms with Gasteiger partial charge in [-0.15, -0.1) is 0 Å². The number of halogens is 1. The van der Waals surface area contributed by atoms with E-state index in [1.165, 1.54) is 0 Å². The van der Waals surface area contributed by atoms with Gasteiger partial charge in [0.25, 0.3) is 0 Å². The Labute approximate surface area is 97.4 Å². The molecule has 80 valence electrons. The van der Waals surface area contributed by atoms with Crippen molar-refractivity contribution < 1.29 is 0 Å². The lowest BCUT2D eigenvalue weighted by atomic mass is 9.96. The van der Waals surface area contributed by atoms with Gasteiger partial charge in [-0.3, -0.25) is 4.40 Å². The van der Waals surface area contributed by atoms with Gasteiger partial charge < -0.3 is 5.73 Å². The van der Waals surface area contributed by atoms with Crippen LogP contribution in [0, 0.1) is 0 Å². The van der Waals surface area contributed by atoms with Gasteiger partial charge in [-0.25, -0.2) is 4.98 Å². The molecular formula is C11H14BrN3. The summed E-state index contributed by atoms with van der Waals surface area (Å²) in [6.45, 7) is 6.38. The lowest BCUT2D eigenvalue weighted by molar-refractivity contribution is 0.541. The molecule has 2 aromatic heterocycles. The fraction of sp³-hybridized carbons (Fsp3) is 0.364. The molecule has 0 saturated carbocycles. The molecule has 0 aliphatic carbocycles. The molecule has 3 nitrogen and oxygen atoms in total. The highest BCUT2D eigenvalue weighted by Crippen LogP contribution is 2.28. The molecule has 0 aromatic carbocycles. The van der Waals surface area contributed by atoms with Crippen LogP contribution in [0.2, 0.25) is 0 Å². The average molecular weight is 268 g/mol. The number of nitrogens with two attached hydrogens (primary N) is 1. The molecule has 2 rings (SSSR count). The van der Waals surface area contributed by atoms with E-state index in [4.69, 9.17) is 5.73 Å². The predicted octanol–water partition coefficient (Wildman–Crippen LogP) is 2.98. The molecule has 2 aromatic rings. The maximum absolute atomic E-state index is 5.89. The van der Waals surface area contributed by atoms with E-state index < -0.39 is 0 Å². The van der Waals surface area contributed by atoms with Gasteiger partial charge in [-0.1, -0.05) is 26.8 Å². The molecule has 15 heavy (non-hydrogen) atoms. The van der Waals surface area contributed by atoms with Crippen molar-refractivity contribution >= 4 is 27.3 Å². The minimum atomic E-state index is -0.0234. The van der Waals surface area contributed by atoms with E-state index in [0.29, 0.717) is 5.82 Å². The Kier molecular flexibility index (Phi) is 2.26. The highest BCUT2D eigenvalue weighted by Gasteiger charge is 2.22. The number of nitrogens with zero attached hydrogens (tertiary/aromatic N) is 2. The Balaban J connectivity index is 2.88. The number of rotatable bonds is 0. The molecule has 2 heterocycles. The van der Waals surface area contributed by atoms with Gasteiger partial charge in [0.1, 0.15) is 11.6 Å². The Morgan fingerprint density at radius 3 is 2.60 bits per heavy atom. The van der Waals surface area contributed by atoms with E-state index in [9.17, 15) is 0 Å². The van der Waals surface area contributed by atoms with Gasteiger partial charge in [0.15, 0.2) is 0 Å². The molecule has 4 heteroatoms. The molecule has 0 spiro atoms. The quantitative estimate of drug-likeness (QED) is 0.746. The van der Waals surface area contributed by atoms with Crippen molar-refractivity contribution in [1.82, 2.24) is 9.38 Å². The Morgan fingerprint density at radius 1 is 1.33 bits per heavy atom. The van der Waals surface area contributed by atoms with Crippen LogP contribution in [0.4, 0.5) is 5.82 Å². The van der Waals surface area contributed by atoms with E-state index in [1.54, 1.807) is 0 Å². The third-order valence-electron chi connectivity index (χ3n) is 2.31. The van der Waals surface area contributed by atoms with E-state index in [2.05, 4.69) is 46.1 Å². The van der Waals surface area contributed by atoms with E-state index in [0.717, 1.165) is 15.9 Å². The smallest absolute Gasteiger partial charge is 0.149 e. The summed E-state index contributed by atoms with van der Waals surface area (Å²) in [6, 6.07) is 5.93. The Morgan fingerprint density at radius 2 is 2.00 bits per heavy atom. The standard InChI is InChI=1S/C11H14BrN3/c1-11(2,3)10-14-9(13)7-5-4-6-8(12)15(7)10/h4-6H,13H2,1-3H3. The van der Waals surface area contributed by atoms with Gasteiger partial charge in [-0.2, -0.15) is 0 Å². The molecule has 0 aliphatic heterocycles. The fourth-order valence-corrected chi connectivity index (χ4v) is 2.13. The van der Waals surface area contributed by atoms with Crippen molar-refractivity contribution in [3.8, 4) is 0 Å². The summed E-state index contributed by atoms with van der Waals surface area (Å²) in [5.41, 5.74) is 6.82. The van der Waals surface area contributed by atoms with Crippen LogP contribution in [0.1, 0.15) is 26.6 Å². The van der Waals surface area contributed by atoms with E-state index in [-0.39, 0.29) is 5.41 Å². The van der Waals surface area contributed by atoms with Crippen molar-refractivity contribution in [2.45, 2.75) is 26.2 Å². The zero-order chi connectivity index (χ0) is 11.2. The van der Waals surface area contributed by atoms with Crippen LogP contribution in [-0.2, 0) is 5.41 Å². The summed E-state index contributed by atoms with van der Waals surface area (Å²) in [5.74, 6) is 1.56. The van der Waals surface area contributed by atoms with Crippen LogP contribution in [0.15, 0.2) is 22.8 Å². The molecule has 0 fully saturated rings. The second-order valence-corrected chi connectivity index (χ2v) is 5.45. The minimum Gasteiger partial charge on any atom is -0.382 e. The number of aromatic nitrogens is 2. The number of hydrogen-bond acceptors (Lipinski definition) is 2. The molecule has 0 amide bonds. The number of nitrogen functional groups attached to an aromatic ring is 1. The third-order valence-corrected chi connectivity index (χ3v) is 2.93. The average Bonchev–Trinajstić information content (AvgIpc) is 2.45. The van der Waals surface area contributed by atoms with Gasteiger partial charge in [-0.05, 0) is 28.1 Å². The zero-order valence-electron chi connectivity index (χ0n) is 9.08. The normalized spacial score (nSPS) is 12.3. The van der Waals surface area contributed by atoms with Crippen LogP contribution in [0.5, 0.6) is 0 Å². The van der Waals surface area contributed by atoms with Gasteiger partial charge in [0, 0.05) is 5.41 Å². The van der Waals surface area contributed by atoms with Crippen LogP contribution in [0.3, 0.4) is 0 Å². The zero-order valence-corrected chi connectivity index (χ0v) is 10.7. The third kappa shape index (κ3) is 1.63. The molecule has 0 aliphatic rings. The van der Waals surface area contributed by atoms with Crippen molar-refractivity contribution in [3.63, 3.8) is 0 Å². The summed E-state index contributed by atoms with van der Waals surface area (Å²) in [4.78, 5) is 4.43. The number of fused-ring (bicyclic) bond motifs is 1. The van der Waals surface area contributed by atoms with Crippen LogP contribution >= 0.6 is 15.9 Å². The highest BCUT2D eigenvalue weighted by molar-refractivity contribution is 9.10. The van der Waals surface area contributed by atoms with Crippen LogP contribution in [0.25, 0.3) is 5.52 Å². The molecule has 2 N–H and O–H groups in total.